The van der Waals surface area contributed by atoms with Crippen LogP contribution in [0.15, 0.2) is 18.2 Å². The largest absolute Gasteiger partial charge is 0.496 e. The van der Waals surface area contributed by atoms with Crippen molar-refractivity contribution in [3.8, 4) is 5.75 Å². The first-order valence-corrected chi connectivity index (χ1v) is 4.68. The second-order valence-corrected chi connectivity index (χ2v) is 3.70. The van der Waals surface area contributed by atoms with Gasteiger partial charge in [-0.05, 0) is 25.0 Å². The molecule has 15 heavy (non-hydrogen) atoms. The Morgan fingerprint density at radius 3 is 2.67 bits per heavy atom. The third-order valence-electron chi connectivity index (χ3n) is 2.83. The van der Waals surface area contributed by atoms with Crippen molar-refractivity contribution in [2.75, 3.05) is 7.11 Å². The minimum atomic E-state index is -1.06. The highest BCUT2D eigenvalue weighted by Gasteiger charge is 2.54. The van der Waals surface area contributed by atoms with Crippen molar-refractivity contribution in [2.24, 2.45) is 0 Å². The highest BCUT2D eigenvalue weighted by molar-refractivity contribution is 5.86. The Hall–Kier alpha value is -1.58. The number of hydrogen-bond acceptors (Lipinski definition) is 2. The number of carboxylic acids is 1. The summed E-state index contributed by atoms with van der Waals surface area (Å²) >= 11 is 0. The summed E-state index contributed by atoms with van der Waals surface area (Å²) in [6.07, 6.45) is 0.944. The van der Waals surface area contributed by atoms with Crippen molar-refractivity contribution in [3.63, 3.8) is 0 Å². The molecule has 4 heteroatoms. The zero-order chi connectivity index (χ0) is 11.1. The maximum Gasteiger partial charge on any atom is 0.314 e. The predicted octanol–water partition coefficient (Wildman–Crippen LogP) is 1.95. The first-order valence-electron chi connectivity index (χ1n) is 4.68. The van der Waals surface area contributed by atoms with Crippen molar-refractivity contribution in [1.82, 2.24) is 0 Å². The van der Waals surface area contributed by atoms with E-state index < -0.39 is 17.2 Å². The summed E-state index contributed by atoms with van der Waals surface area (Å²) in [5.41, 5.74) is -0.878. The molecule has 0 unspecified atom stereocenters. The molecule has 1 saturated carbocycles. The molecule has 0 aromatic heterocycles. The number of benzene rings is 1. The lowest BCUT2D eigenvalue weighted by molar-refractivity contribution is -0.140. The molecule has 1 N–H and O–H groups in total. The van der Waals surface area contributed by atoms with Gasteiger partial charge in [-0.2, -0.15) is 0 Å². The lowest BCUT2D eigenvalue weighted by Gasteiger charge is -2.15. The van der Waals surface area contributed by atoms with E-state index in [1.165, 1.54) is 19.2 Å². The Bertz CT molecular complexity index is 410. The van der Waals surface area contributed by atoms with Crippen LogP contribution in [0.3, 0.4) is 0 Å². The standard InChI is InChI=1S/C11H11FO3/c1-15-8-4-2-3-7(12)9(8)11(5-6-11)10(13)14/h2-4H,5-6H2,1H3,(H,13,14). The van der Waals surface area contributed by atoms with Gasteiger partial charge in [0.2, 0.25) is 0 Å². The van der Waals surface area contributed by atoms with Crippen LogP contribution in [0, 0.1) is 5.82 Å². The van der Waals surface area contributed by atoms with E-state index in [-0.39, 0.29) is 5.56 Å². The quantitative estimate of drug-likeness (QED) is 0.829. The third-order valence-corrected chi connectivity index (χ3v) is 2.83. The summed E-state index contributed by atoms with van der Waals surface area (Å²) in [5.74, 6) is -1.17. The summed E-state index contributed by atoms with van der Waals surface area (Å²) < 4.78 is 18.6. The van der Waals surface area contributed by atoms with Crippen molar-refractivity contribution >= 4 is 5.97 Å². The summed E-state index contributed by atoms with van der Waals surface area (Å²) in [6.45, 7) is 0. The number of halogens is 1. The zero-order valence-electron chi connectivity index (χ0n) is 8.29. The highest BCUT2D eigenvalue weighted by Crippen LogP contribution is 2.52. The molecule has 2 rings (SSSR count). The van der Waals surface area contributed by atoms with Gasteiger partial charge >= 0.3 is 5.97 Å². The first-order chi connectivity index (χ1) is 7.12. The SMILES string of the molecule is COc1cccc(F)c1C1(C(=O)O)CC1. The lowest BCUT2D eigenvalue weighted by Crippen LogP contribution is -2.21. The fourth-order valence-corrected chi connectivity index (χ4v) is 1.83. The van der Waals surface area contributed by atoms with Gasteiger partial charge in [-0.25, -0.2) is 4.39 Å². The molecule has 3 nitrogen and oxygen atoms in total. The number of aliphatic carboxylic acids is 1. The predicted molar refractivity (Wildman–Crippen MR) is 51.5 cm³/mol. The molecular formula is C11H11FO3. The summed E-state index contributed by atoms with van der Waals surface area (Å²) in [7, 11) is 1.41. The molecule has 0 spiro atoms. The minimum Gasteiger partial charge on any atom is -0.496 e. The average Bonchev–Trinajstić information content (AvgIpc) is 2.98. The molecule has 0 heterocycles. The first kappa shape index (κ1) is 9.96. The van der Waals surface area contributed by atoms with Crippen LogP contribution >= 0.6 is 0 Å². The summed E-state index contributed by atoms with van der Waals surface area (Å²) in [4.78, 5) is 11.1. The third kappa shape index (κ3) is 1.37. The molecule has 1 aliphatic carbocycles. The van der Waals surface area contributed by atoms with Gasteiger partial charge in [0.15, 0.2) is 0 Å². The van der Waals surface area contributed by atoms with Crippen LogP contribution in [0.1, 0.15) is 18.4 Å². The van der Waals surface area contributed by atoms with E-state index >= 15 is 0 Å². The Morgan fingerprint density at radius 1 is 1.53 bits per heavy atom. The van der Waals surface area contributed by atoms with Crippen LogP contribution in [0.4, 0.5) is 4.39 Å². The van der Waals surface area contributed by atoms with E-state index in [1.54, 1.807) is 6.07 Å². The Labute approximate surface area is 86.5 Å². The van der Waals surface area contributed by atoms with E-state index in [2.05, 4.69) is 0 Å². The van der Waals surface area contributed by atoms with Crippen LogP contribution in [0.5, 0.6) is 5.75 Å². The molecule has 0 atom stereocenters. The fraction of sp³-hybridized carbons (Fsp3) is 0.364. The monoisotopic (exact) mass is 210 g/mol. The number of ether oxygens (including phenoxy) is 1. The molecule has 0 aliphatic heterocycles. The Morgan fingerprint density at radius 2 is 2.20 bits per heavy atom. The van der Waals surface area contributed by atoms with Crippen LogP contribution in [-0.4, -0.2) is 18.2 Å². The van der Waals surface area contributed by atoms with E-state index in [1.807, 2.05) is 0 Å². The molecule has 0 bridgehead atoms. The molecular weight excluding hydrogens is 199 g/mol. The molecule has 1 fully saturated rings. The zero-order valence-corrected chi connectivity index (χ0v) is 8.29. The van der Waals surface area contributed by atoms with E-state index in [9.17, 15) is 9.18 Å². The number of carboxylic acid groups (broad SMARTS) is 1. The molecule has 1 aromatic carbocycles. The van der Waals surface area contributed by atoms with Crippen LogP contribution in [-0.2, 0) is 10.2 Å². The number of rotatable bonds is 3. The van der Waals surface area contributed by atoms with Gasteiger partial charge in [0.05, 0.1) is 12.5 Å². The molecule has 0 amide bonds. The lowest BCUT2D eigenvalue weighted by atomic mass is 9.94. The molecule has 0 radical (unpaired) electrons. The van der Waals surface area contributed by atoms with Crippen LogP contribution in [0.25, 0.3) is 0 Å². The van der Waals surface area contributed by atoms with Crippen molar-refractivity contribution in [1.29, 1.82) is 0 Å². The van der Waals surface area contributed by atoms with Gasteiger partial charge < -0.3 is 9.84 Å². The summed E-state index contributed by atoms with van der Waals surface area (Å²) in [5, 5.41) is 9.08. The van der Waals surface area contributed by atoms with E-state index in [0.29, 0.717) is 18.6 Å². The van der Waals surface area contributed by atoms with Crippen LogP contribution < -0.4 is 4.74 Å². The number of hydrogen-bond donors (Lipinski definition) is 1. The molecule has 80 valence electrons. The highest BCUT2D eigenvalue weighted by atomic mass is 19.1. The summed E-state index contributed by atoms with van der Waals surface area (Å²) in [6, 6.07) is 4.36. The smallest absolute Gasteiger partial charge is 0.314 e. The molecule has 1 aromatic rings. The van der Waals surface area contributed by atoms with Crippen molar-refractivity contribution in [3.05, 3.63) is 29.6 Å². The van der Waals surface area contributed by atoms with Gasteiger partial charge in [0, 0.05) is 5.56 Å². The van der Waals surface area contributed by atoms with Gasteiger partial charge in [0.1, 0.15) is 11.6 Å². The normalized spacial score (nSPS) is 17.2. The van der Waals surface area contributed by atoms with E-state index in [4.69, 9.17) is 9.84 Å². The topological polar surface area (TPSA) is 46.5 Å². The van der Waals surface area contributed by atoms with Crippen LogP contribution in [0.2, 0.25) is 0 Å². The minimum absolute atomic E-state index is 0.181. The van der Waals surface area contributed by atoms with Gasteiger partial charge in [-0.1, -0.05) is 6.07 Å². The van der Waals surface area contributed by atoms with Gasteiger partial charge in [-0.15, -0.1) is 0 Å². The Kier molecular flexibility index (Phi) is 2.14. The number of methoxy groups -OCH3 is 1. The fourth-order valence-electron chi connectivity index (χ4n) is 1.83. The molecule has 0 saturated heterocycles. The average molecular weight is 210 g/mol. The molecule has 1 aliphatic rings. The van der Waals surface area contributed by atoms with Gasteiger partial charge in [-0.3, -0.25) is 4.79 Å². The number of carbonyl (C=O) groups is 1. The van der Waals surface area contributed by atoms with Crippen molar-refractivity contribution < 1.29 is 19.0 Å². The van der Waals surface area contributed by atoms with Crippen molar-refractivity contribution in [2.45, 2.75) is 18.3 Å². The van der Waals surface area contributed by atoms with E-state index in [0.717, 1.165) is 0 Å². The van der Waals surface area contributed by atoms with Gasteiger partial charge in [0.25, 0.3) is 0 Å². The second kappa shape index (κ2) is 3.22. The maximum absolute atomic E-state index is 13.6. The maximum atomic E-state index is 13.6. The Balaban J connectivity index is 2.56. The second-order valence-electron chi connectivity index (χ2n) is 3.70.